The number of rotatable bonds is 3. The molecule has 0 spiro atoms. The quantitative estimate of drug-likeness (QED) is 0.777. The normalized spacial score (nSPS) is 9.14. The maximum Gasteiger partial charge on any atom is 0.335 e. The molecule has 0 aliphatic rings. The molecule has 0 saturated carbocycles. The van der Waals surface area contributed by atoms with Gasteiger partial charge in [0.25, 0.3) is 0 Å². The summed E-state index contributed by atoms with van der Waals surface area (Å²) in [4.78, 5) is 10.6. The lowest BCUT2D eigenvalue weighted by atomic mass is 10.2. The van der Waals surface area contributed by atoms with Crippen LogP contribution in [0.25, 0.3) is 0 Å². The summed E-state index contributed by atoms with van der Waals surface area (Å²) in [6, 6.07) is 4.19. The van der Waals surface area contributed by atoms with Gasteiger partial charge < -0.3 is 9.84 Å². The summed E-state index contributed by atoms with van der Waals surface area (Å²) >= 11 is 5.75. The Labute approximate surface area is 86.3 Å². The van der Waals surface area contributed by atoms with Gasteiger partial charge in [0.15, 0.2) is 0 Å². The number of benzene rings is 1. The lowest BCUT2D eigenvalue weighted by molar-refractivity contribution is 0.0696. The topological polar surface area (TPSA) is 46.5 Å². The predicted molar refractivity (Wildman–Crippen MR) is 52.7 cm³/mol. The summed E-state index contributed by atoms with van der Waals surface area (Å²) in [5.74, 6) is 1.51. The highest BCUT2D eigenvalue weighted by Crippen LogP contribution is 2.25. The number of carboxylic acid groups (broad SMARTS) is 1. The van der Waals surface area contributed by atoms with Crippen molar-refractivity contribution in [1.82, 2.24) is 0 Å². The second kappa shape index (κ2) is 4.54. The molecule has 0 atom stereocenters. The van der Waals surface area contributed by atoms with Crippen molar-refractivity contribution in [3.05, 3.63) is 28.8 Å². The standard InChI is InChI=1S/C10H7ClO3/c1-2-5-14-9-6-7(10(12)13)3-4-8(9)11/h1,3-4,6H,5H2,(H,12,13). The Morgan fingerprint density at radius 2 is 2.36 bits per heavy atom. The zero-order chi connectivity index (χ0) is 10.6. The lowest BCUT2D eigenvalue weighted by Gasteiger charge is -2.05. The van der Waals surface area contributed by atoms with Gasteiger partial charge in [-0.15, -0.1) is 6.42 Å². The van der Waals surface area contributed by atoms with Gasteiger partial charge in [-0.05, 0) is 18.2 Å². The first kappa shape index (κ1) is 10.4. The average molecular weight is 211 g/mol. The van der Waals surface area contributed by atoms with Crippen LogP contribution in [0.15, 0.2) is 18.2 Å². The largest absolute Gasteiger partial charge is 0.479 e. The summed E-state index contributed by atoms with van der Waals surface area (Å²) < 4.78 is 5.05. The van der Waals surface area contributed by atoms with Crippen LogP contribution in [0.3, 0.4) is 0 Å². The highest BCUT2D eigenvalue weighted by atomic mass is 35.5. The first-order valence-electron chi connectivity index (χ1n) is 3.74. The van der Waals surface area contributed by atoms with Gasteiger partial charge in [0.05, 0.1) is 10.6 Å². The van der Waals surface area contributed by atoms with E-state index in [0.717, 1.165) is 0 Å². The molecule has 3 nitrogen and oxygen atoms in total. The van der Waals surface area contributed by atoms with Crippen LogP contribution in [0.5, 0.6) is 5.75 Å². The molecule has 0 heterocycles. The molecule has 1 N–H and O–H groups in total. The van der Waals surface area contributed by atoms with E-state index in [4.69, 9.17) is 27.9 Å². The van der Waals surface area contributed by atoms with Crippen molar-refractivity contribution < 1.29 is 14.6 Å². The minimum Gasteiger partial charge on any atom is -0.479 e. The molecule has 0 aliphatic heterocycles. The molecule has 0 aliphatic carbocycles. The van der Waals surface area contributed by atoms with Crippen LogP contribution in [0.2, 0.25) is 5.02 Å². The van der Waals surface area contributed by atoms with E-state index in [0.29, 0.717) is 5.02 Å². The molecule has 0 aromatic heterocycles. The van der Waals surface area contributed by atoms with Crippen molar-refractivity contribution in [2.45, 2.75) is 0 Å². The SMILES string of the molecule is C#CCOc1cc(C(=O)O)ccc1Cl. The summed E-state index contributed by atoms with van der Waals surface area (Å²) in [7, 11) is 0. The number of terminal acetylenes is 1. The number of aromatic carboxylic acids is 1. The van der Waals surface area contributed by atoms with Gasteiger partial charge in [-0.25, -0.2) is 4.79 Å². The molecule has 0 saturated heterocycles. The third-order valence-corrected chi connectivity index (χ3v) is 1.80. The Kier molecular flexibility index (Phi) is 3.38. The minimum atomic E-state index is -1.03. The van der Waals surface area contributed by atoms with Crippen LogP contribution in [-0.2, 0) is 0 Å². The summed E-state index contributed by atoms with van der Waals surface area (Å²) in [6.07, 6.45) is 4.99. The lowest BCUT2D eigenvalue weighted by Crippen LogP contribution is -1.99. The molecule has 0 radical (unpaired) electrons. The molecule has 1 aromatic rings. The van der Waals surface area contributed by atoms with E-state index in [-0.39, 0.29) is 17.9 Å². The van der Waals surface area contributed by atoms with Gasteiger partial charge in [-0.2, -0.15) is 0 Å². The Morgan fingerprint density at radius 1 is 1.64 bits per heavy atom. The number of carboxylic acids is 1. The van der Waals surface area contributed by atoms with Crippen molar-refractivity contribution in [2.24, 2.45) is 0 Å². The monoisotopic (exact) mass is 210 g/mol. The van der Waals surface area contributed by atoms with E-state index in [9.17, 15) is 4.79 Å². The van der Waals surface area contributed by atoms with Crippen molar-refractivity contribution in [1.29, 1.82) is 0 Å². The summed E-state index contributed by atoms with van der Waals surface area (Å²) in [6.45, 7) is 0.0583. The molecule has 72 valence electrons. The van der Waals surface area contributed by atoms with E-state index < -0.39 is 5.97 Å². The average Bonchev–Trinajstić information content (AvgIpc) is 2.16. The molecule has 0 bridgehead atoms. The second-order valence-corrected chi connectivity index (χ2v) is 2.85. The molecule has 1 aromatic carbocycles. The van der Waals surface area contributed by atoms with Crippen LogP contribution in [-0.4, -0.2) is 17.7 Å². The Bertz CT molecular complexity index is 393. The Hall–Kier alpha value is -1.66. The third-order valence-electron chi connectivity index (χ3n) is 1.49. The fourth-order valence-electron chi connectivity index (χ4n) is 0.866. The molecule has 14 heavy (non-hydrogen) atoms. The molecular formula is C10H7ClO3. The van der Waals surface area contributed by atoms with Crippen LogP contribution in [0, 0.1) is 12.3 Å². The number of hydrogen-bond donors (Lipinski definition) is 1. The number of carbonyl (C=O) groups is 1. The van der Waals surface area contributed by atoms with E-state index in [1.165, 1.54) is 18.2 Å². The first-order chi connectivity index (χ1) is 6.65. The van der Waals surface area contributed by atoms with Crippen molar-refractivity contribution in [3.8, 4) is 18.1 Å². The van der Waals surface area contributed by atoms with Crippen molar-refractivity contribution in [2.75, 3.05) is 6.61 Å². The Balaban J connectivity index is 2.97. The van der Waals surface area contributed by atoms with Crippen molar-refractivity contribution in [3.63, 3.8) is 0 Å². The highest BCUT2D eigenvalue weighted by molar-refractivity contribution is 6.32. The smallest absolute Gasteiger partial charge is 0.335 e. The van der Waals surface area contributed by atoms with E-state index in [2.05, 4.69) is 5.92 Å². The third kappa shape index (κ3) is 2.41. The fraction of sp³-hybridized carbons (Fsp3) is 0.100. The molecule has 0 unspecified atom stereocenters. The zero-order valence-corrected chi connectivity index (χ0v) is 7.91. The highest BCUT2D eigenvalue weighted by Gasteiger charge is 2.07. The zero-order valence-electron chi connectivity index (χ0n) is 7.16. The van der Waals surface area contributed by atoms with Crippen LogP contribution < -0.4 is 4.74 Å². The van der Waals surface area contributed by atoms with Gasteiger partial charge >= 0.3 is 5.97 Å². The van der Waals surface area contributed by atoms with Gasteiger partial charge in [0, 0.05) is 0 Å². The van der Waals surface area contributed by atoms with Crippen LogP contribution in [0.1, 0.15) is 10.4 Å². The maximum atomic E-state index is 10.6. The number of ether oxygens (including phenoxy) is 1. The molecule has 0 amide bonds. The maximum absolute atomic E-state index is 10.6. The van der Waals surface area contributed by atoms with Gasteiger partial charge in [0.1, 0.15) is 12.4 Å². The van der Waals surface area contributed by atoms with E-state index in [1.54, 1.807) is 0 Å². The second-order valence-electron chi connectivity index (χ2n) is 2.44. The molecule has 0 fully saturated rings. The molecular weight excluding hydrogens is 204 g/mol. The van der Waals surface area contributed by atoms with Crippen LogP contribution in [0.4, 0.5) is 0 Å². The molecule has 4 heteroatoms. The molecule has 1 rings (SSSR count). The number of hydrogen-bond acceptors (Lipinski definition) is 2. The minimum absolute atomic E-state index is 0.0583. The van der Waals surface area contributed by atoms with Gasteiger partial charge in [-0.1, -0.05) is 17.5 Å². The van der Waals surface area contributed by atoms with Gasteiger partial charge in [0.2, 0.25) is 0 Å². The first-order valence-corrected chi connectivity index (χ1v) is 4.12. The van der Waals surface area contributed by atoms with Crippen molar-refractivity contribution >= 4 is 17.6 Å². The summed E-state index contributed by atoms with van der Waals surface area (Å²) in [5.41, 5.74) is 0.112. The van der Waals surface area contributed by atoms with E-state index >= 15 is 0 Å². The van der Waals surface area contributed by atoms with Gasteiger partial charge in [-0.3, -0.25) is 0 Å². The number of halogens is 1. The Morgan fingerprint density at radius 3 is 2.93 bits per heavy atom. The summed E-state index contributed by atoms with van der Waals surface area (Å²) in [5, 5.41) is 9.02. The fourth-order valence-corrected chi connectivity index (χ4v) is 1.04. The van der Waals surface area contributed by atoms with Crippen LogP contribution >= 0.6 is 11.6 Å². The predicted octanol–water partition coefficient (Wildman–Crippen LogP) is 2.05. The van der Waals surface area contributed by atoms with E-state index in [1.807, 2.05) is 0 Å².